The molecular weight excluding hydrogens is 198 g/mol. The molecule has 2 heterocycles. The summed E-state index contributed by atoms with van der Waals surface area (Å²) in [6, 6.07) is 6.54. The molecule has 3 heteroatoms. The minimum Gasteiger partial charge on any atom is -0.384 e. The lowest BCUT2D eigenvalue weighted by molar-refractivity contribution is 0.121. The molecule has 0 spiro atoms. The van der Waals surface area contributed by atoms with Crippen molar-refractivity contribution >= 4 is 5.82 Å². The summed E-state index contributed by atoms with van der Waals surface area (Å²) in [6.07, 6.45) is 2.59. The van der Waals surface area contributed by atoms with E-state index >= 15 is 0 Å². The normalized spacial score (nSPS) is 26.9. The van der Waals surface area contributed by atoms with Crippen LogP contribution >= 0.6 is 0 Å². The largest absolute Gasteiger partial charge is 0.384 e. The van der Waals surface area contributed by atoms with Crippen molar-refractivity contribution in [3.05, 3.63) is 23.9 Å². The molecule has 1 aliphatic rings. The number of aromatic nitrogens is 1. The van der Waals surface area contributed by atoms with E-state index in [2.05, 4.69) is 29.8 Å². The molecule has 2 atom stereocenters. The van der Waals surface area contributed by atoms with Crippen molar-refractivity contribution in [1.82, 2.24) is 9.88 Å². The van der Waals surface area contributed by atoms with Crippen LogP contribution in [-0.4, -0.2) is 22.5 Å². The van der Waals surface area contributed by atoms with Gasteiger partial charge < -0.3 is 5.73 Å². The first-order valence-corrected chi connectivity index (χ1v) is 6.10. The number of piperidine rings is 1. The Kier molecular flexibility index (Phi) is 3.44. The molecule has 0 amide bonds. The molecule has 1 saturated heterocycles. The maximum absolute atomic E-state index is 5.69. The Labute approximate surface area is 97.7 Å². The van der Waals surface area contributed by atoms with E-state index in [4.69, 9.17) is 5.73 Å². The molecule has 0 radical (unpaired) electrons. The van der Waals surface area contributed by atoms with Crippen LogP contribution in [0.2, 0.25) is 0 Å². The van der Waals surface area contributed by atoms with E-state index in [0.717, 1.165) is 18.2 Å². The Hall–Kier alpha value is -1.09. The first-order valence-electron chi connectivity index (χ1n) is 6.10. The van der Waals surface area contributed by atoms with E-state index in [1.54, 1.807) is 0 Å². The van der Waals surface area contributed by atoms with Gasteiger partial charge in [-0.2, -0.15) is 0 Å². The van der Waals surface area contributed by atoms with Crippen molar-refractivity contribution < 1.29 is 0 Å². The highest BCUT2D eigenvalue weighted by Crippen LogP contribution is 2.23. The van der Waals surface area contributed by atoms with Crippen molar-refractivity contribution in [2.75, 3.05) is 12.3 Å². The number of nitrogen functional groups attached to an aromatic ring is 1. The second-order valence-corrected chi connectivity index (χ2v) is 5.00. The Morgan fingerprint density at radius 3 is 2.94 bits per heavy atom. The molecule has 2 N–H and O–H groups in total. The maximum atomic E-state index is 5.69. The number of nitrogens with zero attached hydrogens (tertiary/aromatic N) is 2. The summed E-state index contributed by atoms with van der Waals surface area (Å²) < 4.78 is 0. The average molecular weight is 219 g/mol. The van der Waals surface area contributed by atoms with Gasteiger partial charge in [0.2, 0.25) is 0 Å². The second-order valence-electron chi connectivity index (χ2n) is 5.00. The minimum absolute atomic E-state index is 0.621. The van der Waals surface area contributed by atoms with Crippen molar-refractivity contribution in [3.63, 3.8) is 0 Å². The third kappa shape index (κ3) is 2.73. The lowest BCUT2D eigenvalue weighted by Crippen LogP contribution is -2.39. The SMILES string of the molecule is CC1CCN(Cc2cccc(N)n2)C(C)C1. The number of hydrogen-bond acceptors (Lipinski definition) is 3. The molecule has 2 rings (SSSR count). The number of anilines is 1. The Balaban J connectivity index is 1.99. The van der Waals surface area contributed by atoms with Crippen molar-refractivity contribution in [2.45, 2.75) is 39.3 Å². The highest BCUT2D eigenvalue weighted by Gasteiger charge is 2.22. The summed E-state index contributed by atoms with van der Waals surface area (Å²) in [4.78, 5) is 6.86. The van der Waals surface area contributed by atoms with E-state index in [9.17, 15) is 0 Å². The van der Waals surface area contributed by atoms with Gasteiger partial charge in [-0.3, -0.25) is 4.90 Å². The van der Waals surface area contributed by atoms with Gasteiger partial charge in [-0.1, -0.05) is 13.0 Å². The van der Waals surface area contributed by atoms with Gasteiger partial charge in [-0.25, -0.2) is 4.98 Å². The molecule has 1 aliphatic heterocycles. The Bertz CT molecular complexity index is 351. The third-order valence-electron chi connectivity index (χ3n) is 3.47. The zero-order chi connectivity index (χ0) is 11.5. The van der Waals surface area contributed by atoms with Gasteiger partial charge in [-0.15, -0.1) is 0 Å². The molecule has 1 fully saturated rings. The number of rotatable bonds is 2. The van der Waals surface area contributed by atoms with Crippen molar-refractivity contribution in [2.24, 2.45) is 5.92 Å². The predicted octanol–water partition coefficient (Wildman–Crippen LogP) is 2.28. The summed E-state index contributed by atoms with van der Waals surface area (Å²) in [5, 5.41) is 0. The summed E-state index contributed by atoms with van der Waals surface area (Å²) >= 11 is 0. The minimum atomic E-state index is 0.621. The molecule has 16 heavy (non-hydrogen) atoms. The number of pyridine rings is 1. The van der Waals surface area contributed by atoms with E-state index in [1.807, 2.05) is 12.1 Å². The summed E-state index contributed by atoms with van der Waals surface area (Å²) in [5.74, 6) is 1.48. The van der Waals surface area contributed by atoms with Crippen molar-refractivity contribution in [1.29, 1.82) is 0 Å². The molecule has 88 valence electrons. The van der Waals surface area contributed by atoms with Gasteiger partial charge >= 0.3 is 0 Å². The van der Waals surface area contributed by atoms with E-state index < -0.39 is 0 Å². The first-order chi connectivity index (χ1) is 7.65. The van der Waals surface area contributed by atoms with Crippen LogP contribution in [0.1, 0.15) is 32.4 Å². The molecule has 3 nitrogen and oxygen atoms in total. The Morgan fingerprint density at radius 2 is 2.25 bits per heavy atom. The molecule has 0 bridgehead atoms. The monoisotopic (exact) mass is 219 g/mol. The van der Waals surface area contributed by atoms with Crippen LogP contribution in [-0.2, 0) is 6.54 Å². The molecule has 0 aromatic carbocycles. The lowest BCUT2D eigenvalue weighted by Gasteiger charge is -2.36. The topological polar surface area (TPSA) is 42.1 Å². The lowest BCUT2D eigenvalue weighted by atomic mass is 9.93. The Morgan fingerprint density at radius 1 is 1.44 bits per heavy atom. The van der Waals surface area contributed by atoms with Gasteiger partial charge in [-0.05, 0) is 44.4 Å². The highest BCUT2D eigenvalue weighted by molar-refractivity contribution is 5.28. The third-order valence-corrected chi connectivity index (χ3v) is 3.47. The van der Waals surface area contributed by atoms with Gasteiger partial charge in [0, 0.05) is 12.6 Å². The summed E-state index contributed by atoms with van der Waals surface area (Å²) in [6.45, 7) is 6.76. The number of hydrogen-bond donors (Lipinski definition) is 1. The molecule has 1 aromatic heterocycles. The average Bonchev–Trinajstić information content (AvgIpc) is 2.22. The second kappa shape index (κ2) is 4.83. The molecule has 0 aliphatic carbocycles. The maximum Gasteiger partial charge on any atom is 0.123 e. The fourth-order valence-corrected chi connectivity index (χ4v) is 2.48. The van der Waals surface area contributed by atoms with Crippen LogP contribution in [0.25, 0.3) is 0 Å². The predicted molar refractivity (Wildman–Crippen MR) is 66.9 cm³/mol. The van der Waals surface area contributed by atoms with Crippen LogP contribution in [0.3, 0.4) is 0 Å². The van der Waals surface area contributed by atoms with Crippen LogP contribution in [0.15, 0.2) is 18.2 Å². The molecular formula is C13H21N3. The number of likely N-dealkylation sites (tertiary alicyclic amines) is 1. The van der Waals surface area contributed by atoms with Crippen LogP contribution < -0.4 is 5.73 Å². The first kappa shape index (κ1) is 11.4. The summed E-state index contributed by atoms with van der Waals surface area (Å²) in [7, 11) is 0. The van der Waals surface area contributed by atoms with Gasteiger partial charge in [0.15, 0.2) is 0 Å². The zero-order valence-corrected chi connectivity index (χ0v) is 10.2. The fourth-order valence-electron chi connectivity index (χ4n) is 2.48. The fraction of sp³-hybridized carbons (Fsp3) is 0.615. The van der Waals surface area contributed by atoms with Crippen LogP contribution in [0.5, 0.6) is 0 Å². The number of nitrogens with two attached hydrogens (primary N) is 1. The smallest absolute Gasteiger partial charge is 0.123 e. The highest BCUT2D eigenvalue weighted by atomic mass is 15.2. The van der Waals surface area contributed by atoms with E-state index in [1.165, 1.54) is 19.4 Å². The van der Waals surface area contributed by atoms with Crippen LogP contribution in [0.4, 0.5) is 5.82 Å². The zero-order valence-electron chi connectivity index (χ0n) is 10.2. The quantitative estimate of drug-likeness (QED) is 0.829. The van der Waals surface area contributed by atoms with Crippen LogP contribution in [0, 0.1) is 5.92 Å². The van der Waals surface area contributed by atoms with E-state index in [0.29, 0.717) is 11.9 Å². The van der Waals surface area contributed by atoms with Gasteiger partial charge in [0.1, 0.15) is 5.82 Å². The standard InChI is InChI=1S/C13H21N3/c1-10-6-7-16(11(2)8-10)9-12-4-3-5-13(14)15-12/h3-5,10-11H,6-9H2,1-2H3,(H2,14,15). The van der Waals surface area contributed by atoms with Gasteiger partial charge in [0.05, 0.1) is 5.69 Å². The van der Waals surface area contributed by atoms with Crippen molar-refractivity contribution in [3.8, 4) is 0 Å². The van der Waals surface area contributed by atoms with Gasteiger partial charge in [0.25, 0.3) is 0 Å². The molecule has 2 unspecified atom stereocenters. The summed E-state index contributed by atoms with van der Waals surface area (Å²) in [5.41, 5.74) is 6.78. The molecule has 0 saturated carbocycles. The van der Waals surface area contributed by atoms with E-state index in [-0.39, 0.29) is 0 Å². The molecule has 1 aromatic rings.